The van der Waals surface area contributed by atoms with E-state index in [1.54, 1.807) is 24.3 Å². The fraction of sp³-hybridized carbons (Fsp3) is 0. The zero-order valence-electron chi connectivity index (χ0n) is 12.1. The highest BCUT2D eigenvalue weighted by Gasteiger charge is 2.34. The van der Waals surface area contributed by atoms with Gasteiger partial charge in [0.05, 0.1) is 10.6 Å². The minimum absolute atomic E-state index is 0.0540. The van der Waals surface area contributed by atoms with Gasteiger partial charge in [0.2, 0.25) is 0 Å². The van der Waals surface area contributed by atoms with E-state index in [0.29, 0.717) is 16.3 Å². The van der Waals surface area contributed by atoms with E-state index >= 15 is 0 Å². The zero-order valence-corrected chi connectivity index (χ0v) is 12.9. The number of nitro groups is 1. The topological polar surface area (TPSA) is 92.5 Å². The third-order valence-electron chi connectivity index (χ3n) is 3.38. The molecule has 0 spiro atoms. The van der Waals surface area contributed by atoms with Crippen molar-refractivity contribution in [2.45, 2.75) is 0 Å². The molecule has 2 aromatic rings. The van der Waals surface area contributed by atoms with Crippen LogP contribution in [0.5, 0.6) is 0 Å². The zero-order chi connectivity index (χ0) is 17.3. The molecule has 2 aromatic carbocycles. The molecule has 3 amide bonds. The summed E-state index contributed by atoms with van der Waals surface area (Å²) >= 11 is 5.80. The first-order valence-corrected chi connectivity index (χ1v) is 7.20. The summed E-state index contributed by atoms with van der Waals surface area (Å²) in [6.45, 7) is 0. The normalized spacial score (nSPS) is 15.7. The second kappa shape index (κ2) is 6.13. The summed E-state index contributed by atoms with van der Waals surface area (Å²) in [5.41, 5.74) is 0.988. The molecule has 1 heterocycles. The van der Waals surface area contributed by atoms with E-state index in [4.69, 9.17) is 11.6 Å². The average Bonchev–Trinajstić information content (AvgIpc) is 2.83. The molecule has 120 valence electrons. The Morgan fingerprint density at radius 1 is 1.04 bits per heavy atom. The standard InChI is InChI=1S/C16H10ClN3O4/c17-11-3-7-12(8-4-11)19-15(21)14(18-16(19)22)9-10-1-5-13(6-2-10)20(23)24/h1-9H,(H,18,22). The number of amides is 3. The minimum Gasteiger partial charge on any atom is -0.302 e. The van der Waals surface area contributed by atoms with Crippen molar-refractivity contribution in [1.82, 2.24) is 5.32 Å². The molecular formula is C16H10ClN3O4. The van der Waals surface area contributed by atoms with Gasteiger partial charge in [-0.25, -0.2) is 9.69 Å². The van der Waals surface area contributed by atoms with E-state index in [-0.39, 0.29) is 11.4 Å². The Kier molecular flexibility index (Phi) is 4.01. The Labute approximate surface area is 141 Å². The second-order valence-electron chi connectivity index (χ2n) is 4.95. The second-order valence-corrected chi connectivity index (χ2v) is 5.39. The maximum atomic E-state index is 12.4. The molecular weight excluding hydrogens is 334 g/mol. The number of hydrogen-bond acceptors (Lipinski definition) is 4. The monoisotopic (exact) mass is 343 g/mol. The van der Waals surface area contributed by atoms with Gasteiger partial charge in [-0.2, -0.15) is 0 Å². The first kappa shape index (κ1) is 15.7. The summed E-state index contributed by atoms with van der Waals surface area (Å²) in [7, 11) is 0. The number of anilines is 1. The van der Waals surface area contributed by atoms with Gasteiger partial charge in [0.25, 0.3) is 11.6 Å². The molecule has 0 bridgehead atoms. The molecule has 8 heteroatoms. The lowest BCUT2D eigenvalue weighted by atomic mass is 10.1. The van der Waals surface area contributed by atoms with Gasteiger partial charge in [-0.3, -0.25) is 14.9 Å². The maximum absolute atomic E-state index is 12.4. The van der Waals surface area contributed by atoms with Crippen LogP contribution in [0.3, 0.4) is 0 Å². The van der Waals surface area contributed by atoms with Crippen LogP contribution in [0.25, 0.3) is 6.08 Å². The van der Waals surface area contributed by atoms with E-state index in [1.165, 1.54) is 30.3 Å². The number of nitrogens with zero attached hydrogens (tertiary/aromatic N) is 2. The summed E-state index contributed by atoms with van der Waals surface area (Å²) in [6.07, 6.45) is 1.46. The quantitative estimate of drug-likeness (QED) is 0.400. The molecule has 1 aliphatic heterocycles. The van der Waals surface area contributed by atoms with E-state index in [0.717, 1.165) is 4.90 Å². The van der Waals surface area contributed by atoms with E-state index in [1.807, 2.05) is 0 Å². The molecule has 1 saturated heterocycles. The Morgan fingerprint density at radius 2 is 1.67 bits per heavy atom. The van der Waals surface area contributed by atoms with Crippen molar-refractivity contribution in [3.63, 3.8) is 0 Å². The number of hydrogen-bond donors (Lipinski definition) is 1. The molecule has 1 fully saturated rings. The van der Waals surface area contributed by atoms with E-state index in [9.17, 15) is 19.7 Å². The summed E-state index contributed by atoms with van der Waals surface area (Å²) in [5.74, 6) is -0.513. The highest BCUT2D eigenvalue weighted by atomic mass is 35.5. The molecule has 0 aromatic heterocycles. The average molecular weight is 344 g/mol. The first-order valence-electron chi connectivity index (χ1n) is 6.83. The van der Waals surface area contributed by atoms with Gasteiger partial charge in [-0.15, -0.1) is 0 Å². The molecule has 3 rings (SSSR count). The highest BCUT2D eigenvalue weighted by Crippen LogP contribution is 2.24. The van der Waals surface area contributed by atoms with Gasteiger partial charge in [-0.1, -0.05) is 11.6 Å². The van der Waals surface area contributed by atoms with Crippen molar-refractivity contribution >= 4 is 41.0 Å². The number of imide groups is 1. The smallest absolute Gasteiger partial charge is 0.302 e. The predicted molar refractivity (Wildman–Crippen MR) is 88.5 cm³/mol. The third-order valence-corrected chi connectivity index (χ3v) is 3.63. The summed E-state index contributed by atoms with van der Waals surface area (Å²) < 4.78 is 0. The van der Waals surface area contributed by atoms with E-state index < -0.39 is 16.9 Å². The van der Waals surface area contributed by atoms with Gasteiger partial charge >= 0.3 is 6.03 Å². The summed E-state index contributed by atoms with van der Waals surface area (Å²) in [5, 5.41) is 13.6. The molecule has 0 aliphatic carbocycles. The highest BCUT2D eigenvalue weighted by molar-refractivity contribution is 6.31. The van der Waals surface area contributed by atoms with Crippen LogP contribution >= 0.6 is 11.6 Å². The minimum atomic E-state index is -0.574. The lowest BCUT2D eigenvalue weighted by Gasteiger charge is -2.11. The molecule has 7 nitrogen and oxygen atoms in total. The lowest BCUT2D eigenvalue weighted by molar-refractivity contribution is -0.384. The molecule has 1 N–H and O–H groups in total. The van der Waals surface area contributed by atoms with Crippen LogP contribution in [-0.2, 0) is 4.79 Å². The van der Waals surface area contributed by atoms with Crippen LogP contribution in [0, 0.1) is 10.1 Å². The molecule has 24 heavy (non-hydrogen) atoms. The van der Waals surface area contributed by atoms with E-state index in [2.05, 4.69) is 5.32 Å². The fourth-order valence-electron chi connectivity index (χ4n) is 2.22. The number of benzene rings is 2. The molecule has 1 aliphatic rings. The largest absolute Gasteiger partial charge is 0.333 e. The number of urea groups is 1. The molecule has 0 atom stereocenters. The van der Waals surface area contributed by atoms with Gasteiger partial charge in [0, 0.05) is 17.2 Å². The van der Waals surface area contributed by atoms with Crippen LogP contribution in [0.15, 0.2) is 54.2 Å². The van der Waals surface area contributed by atoms with Gasteiger partial charge in [0.1, 0.15) is 5.70 Å². The number of carbonyl (C=O) groups excluding carboxylic acids is 2. The first-order chi connectivity index (χ1) is 11.5. The Bertz CT molecular complexity index is 860. The number of nitro benzene ring substituents is 1. The molecule has 0 unspecified atom stereocenters. The summed E-state index contributed by atoms with van der Waals surface area (Å²) in [4.78, 5) is 35.6. The lowest BCUT2D eigenvalue weighted by Crippen LogP contribution is -2.30. The van der Waals surface area contributed by atoms with Gasteiger partial charge < -0.3 is 5.32 Å². The molecule has 0 radical (unpaired) electrons. The number of carbonyl (C=O) groups is 2. The predicted octanol–water partition coefficient (Wildman–Crippen LogP) is 3.35. The number of non-ortho nitro benzene ring substituents is 1. The van der Waals surface area contributed by atoms with Crippen LogP contribution in [0.4, 0.5) is 16.2 Å². The van der Waals surface area contributed by atoms with Crippen molar-refractivity contribution in [3.05, 3.63) is 74.9 Å². The van der Waals surface area contributed by atoms with Crippen molar-refractivity contribution in [2.24, 2.45) is 0 Å². The van der Waals surface area contributed by atoms with Crippen molar-refractivity contribution in [2.75, 3.05) is 4.90 Å². The van der Waals surface area contributed by atoms with Gasteiger partial charge in [0.15, 0.2) is 0 Å². The van der Waals surface area contributed by atoms with Crippen molar-refractivity contribution < 1.29 is 14.5 Å². The number of nitrogens with one attached hydrogen (secondary N) is 1. The maximum Gasteiger partial charge on any atom is 0.333 e. The third kappa shape index (κ3) is 2.97. The Balaban J connectivity index is 1.87. The van der Waals surface area contributed by atoms with Crippen LogP contribution in [0.1, 0.15) is 5.56 Å². The SMILES string of the molecule is O=C1NC(=Cc2ccc([N+](=O)[O-])cc2)C(=O)N1c1ccc(Cl)cc1. The van der Waals surface area contributed by atoms with Crippen LogP contribution in [0.2, 0.25) is 5.02 Å². The Morgan fingerprint density at radius 3 is 2.25 bits per heavy atom. The van der Waals surface area contributed by atoms with Crippen molar-refractivity contribution in [3.8, 4) is 0 Å². The van der Waals surface area contributed by atoms with Crippen LogP contribution in [-0.4, -0.2) is 16.9 Å². The fourth-order valence-corrected chi connectivity index (χ4v) is 2.34. The number of rotatable bonds is 3. The van der Waals surface area contributed by atoms with Crippen LogP contribution < -0.4 is 10.2 Å². The van der Waals surface area contributed by atoms with Gasteiger partial charge in [-0.05, 0) is 48.0 Å². The Hall–Kier alpha value is -3.19. The number of halogens is 1. The summed E-state index contributed by atoms with van der Waals surface area (Å²) in [6, 6.07) is 11.4. The molecule has 0 saturated carbocycles. The van der Waals surface area contributed by atoms with Crippen molar-refractivity contribution in [1.29, 1.82) is 0 Å².